The number of hydrogen-bond donors (Lipinski definition) is 1. The fourth-order valence-electron chi connectivity index (χ4n) is 6.81. The van der Waals surface area contributed by atoms with Crippen LogP contribution in [0.5, 0.6) is 0 Å². The first-order valence-electron chi connectivity index (χ1n) is 10.6. The maximum Gasteiger partial charge on any atom is 0.407 e. The minimum absolute atomic E-state index is 0.415. The molecule has 2 unspecified atom stereocenters. The molecule has 6 aliphatic rings. The summed E-state index contributed by atoms with van der Waals surface area (Å²) in [5, 5.41) is 2.55. The Bertz CT molecular complexity index is 782. The van der Waals surface area contributed by atoms with Crippen molar-refractivity contribution in [3.63, 3.8) is 0 Å². The van der Waals surface area contributed by atoms with E-state index in [0.717, 1.165) is 23.0 Å². The van der Waals surface area contributed by atoms with Crippen molar-refractivity contribution in [2.24, 2.45) is 23.7 Å². The number of hydrogen-bond acceptors (Lipinski definition) is 5. The van der Waals surface area contributed by atoms with Gasteiger partial charge in [-0.05, 0) is 55.1 Å². The molecule has 1 aliphatic heterocycles. The number of rotatable bonds is 1. The van der Waals surface area contributed by atoms with E-state index >= 15 is 0 Å². The highest BCUT2D eigenvalue weighted by Gasteiger charge is 2.67. The summed E-state index contributed by atoms with van der Waals surface area (Å²) in [6, 6.07) is 8.06. The predicted molar refractivity (Wildman–Crippen MR) is 98.8 cm³/mol. The van der Waals surface area contributed by atoms with Gasteiger partial charge in [-0.25, -0.2) is 4.79 Å². The molecule has 1 aromatic carbocycles. The Balaban J connectivity index is 1.32. The third-order valence-electron chi connectivity index (χ3n) is 7.76. The van der Waals surface area contributed by atoms with Crippen molar-refractivity contribution in [1.82, 2.24) is 5.32 Å². The molecule has 1 aromatic rings. The average Bonchev–Trinajstić information content (AvgIpc) is 3.05. The number of fused-ring (bicyclic) bond motifs is 1. The van der Waals surface area contributed by atoms with Gasteiger partial charge in [0.05, 0.1) is 0 Å². The van der Waals surface area contributed by atoms with Crippen molar-refractivity contribution in [3.05, 3.63) is 35.4 Å². The monoisotopic (exact) mass is 385 g/mol. The van der Waals surface area contributed by atoms with E-state index in [1.54, 1.807) is 7.05 Å². The number of nitrogens with one attached hydrogen (secondary N) is 1. The summed E-state index contributed by atoms with van der Waals surface area (Å²) < 4.78 is 12.5. The molecule has 6 heteroatoms. The minimum atomic E-state index is -0.886. The first-order chi connectivity index (χ1) is 13.6. The lowest BCUT2D eigenvalue weighted by Crippen LogP contribution is -2.59. The van der Waals surface area contributed by atoms with Crippen LogP contribution in [-0.4, -0.2) is 24.7 Å². The van der Waals surface area contributed by atoms with E-state index in [0.29, 0.717) is 24.7 Å². The molecule has 0 aromatic heterocycles. The molecule has 2 spiro atoms. The van der Waals surface area contributed by atoms with Gasteiger partial charge in [0.2, 0.25) is 11.6 Å². The number of carbonyl (C=O) groups is 1. The van der Waals surface area contributed by atoms with Gasteiger partial charge in [-0.15, -0.1) is 0 Å². The first kappa shape index (κ1) is 17.2. The molecular formula is C22H27NO5. The SMILES string of the molecule is CNC(=O)OC1CC2(Cc3ccccc31)OOC1(O2)C2CC3CC(C2)CC1C3. The van der Waals surface area contributed by atoms with Crippen LogP contribution in [0.1, 0.15) is 55.8 Å². The Kier molecular flexibility index (Phi) is 3.66. The minimum Gasteiger partial charge on any atom is -0.441 e. The molecule has 1 N–H and O–H groups in total. The second-order valence-electron chi connectivity index (χ2n) is 9.43. The van der Waals surface area contributed by atoms with Gasteiger partial charge in [0.15, 0.2) is 0 Å². The second kappa shape index (κ2) is 5.94. The largest absolute Gasteiger partial charge is 0.441 e. The van der Waals surface area contributed by atoms with Crippen molar-refractivity contribution in [2.75, 3.05) is 7.05 Å². The summed E-state index contributed by atoms with van der Waals surface area (Å²) in [5.74, 6) is 0.985. The topological polar surface area (TPSA) is 66.0 Å². The van der Waals surface area contributed by atoms with E-state index in [9.17, 15) is 4.79 Å². The van der Waals surface area contributed by atoms with Crippen molar-refractivity contribution >= 4 is 6.09 Å². The van der Waals surface area contributed by atoms with Crippen LogP contribution in [-0.2, 0) is 25.7 Å². The average molecular weight is 385 g/mol. The predicted octanol–water partition coefficient (Wildman–Crippen LogP) is 3.86. The van der Waals surface area contributed by atoms with Crippen molar-refractivity contribution in [2.45, 2.75) is 62.6 Å². The molecule has 1 amide bonds. The molecular weight excluding hydrogens is 358 g/mol. The smallest absolute Gasteiger partial charge is 0.407 e. The Hall–Kier alpha value is -1.63. The molecule has 6 nitrogen and oxygen atoms in total. The molecule has 28 heavy (non-hydrogen) atoms. The summed E-state index contributed by atoms with van der Waals surface area (Å²) >= 11 is 0. The van der Waals surface area contributed by atoms with Crippen LogP contribution < -0.4 is 5.32 Å². The lowest BCUT2D eigenvalue weighted by Gasteiger charge is -2.57. The van der Waals surface area contributed by atoms with Gasteiger partial charge in [-0.2, -0.15) is 9.78 Å². The molecule has 150 valence electrons. The summed E-state index contributed by atoms with van der Waals surface area (Å²) in [4.78, 5) is 24.1. The normalized spacial score (nSPS) is 45.4. The van der Waals surface area contributed by atoms with Gasteiger partial charge in [0.1, 0.15) is 6.10 Å². The molecule has 1 saturated heterocycles. The zero-order valence-electron chi connectivity index (χ0n) is 16.2. The van der Waals surface area contributed by atoms with Crippen LogP contribution in [0.3, 0.4) is 0 Å². The third kappa shape index (κ3) is 2.41. The van der Waals surface area contributed by atoms with Crippen LogP contribution in [0.25, 0.3) is 0 Å². The maximum absolute atomic E-state index is 11.9. The van der Waals surface area contributed by atoms with E-state index in [2.05, 4.69) is 11.4 Å². The van der Waals surface area contributed by atoms with Crippen molar-refractivity contribution in [1.29, 1.82) is 0 Å². The van der Waals surface area contributed by atoms with Crippen molar-refractivity contribution < 1.29 is 24.0 Å². The zero-order valence-corrected chi connectivity index (χ0v) is 16.2. The number of alkyl carbamates (subject to hydrolysis) is 1. The second-order valence-corrected chi connectivity index (χ2v) is 9.43. The van der Waals surface area contributed by atoms with Crippen LogP contribution in [0.4, 0.5) is 4.79 Å². The summed E-state index contributed by atoms with van der Waals surface area (Å²) in [5.41, 5.74) is 2.11. The Labute approximate surface area is 164 Å². The van der Waals surface area contributed by atoms with Crippen LogP contribution in [0.15, 0.2) is 24.3 Å². The Morgan fingerprint density at radius 2 is 1.79 bits per heavy atom. The van der Waals surface area contributed by atoms with Gasteiger partial charge < -0.3 is 14.8 Å². The number of ether oxygens (including phenoxy) is 2. The third-order valence-corrected chi connectivity index (χ3v) is 7.76. The van der Waals surface area contributed by atoms with E-state index in [-0.39, 0.29) is 0 Å². The summed E-state index contributed by atoms with van der Waals surface area (Å²) in [7, 11) is 1.57. The van der Waals surface area contributed by atoms with Gasteiger partial charge >= 0.3 is 6.09 Å². The van der Waals surface area contributed by atoms with Crippen molar-refractivity contribution in [3.8, 4) is 0 Å². The fourth-order valence-corrected chi connectivity index (χ4v) is 6.81. The van der Waals surface area contributed by atoms with Gasteiger partial charge in [0, 0.05) is 31.7 Å². The zero-order chi connectivity index (χ0) is 18.9. The Morgan fingerprint density at radius 3 is 2.50 bits per heavy atom. The highest BCUT2D eigenvalue weighted by molar-refractivity contribution is 5.67. The molecule has 5 aliphatic carbocycles. The Morgan fingerprint density at radius 1 is 1.07 bits per heavy atom. The van der Waals surface area contributed by atoms with Crippen LogP contribution in [0, 0.1) is 23.7 Å². The number of amides is 1. The number of benzene rings is 1. The van der Waals surface area contributed by atoms with Crippen LogP contribution in [0.2, 0.25) is 0 Å². The van der Waals surface area contributed by atoms with E-state index in [4.69, 9.17) is 19.2 Å². The molecule has 0 radical (unpaired) electrons. The molecule has 7 rings (SSSR count). The van der Waals surface area contributed by atoms with Gasteiger partial charge in [0.25, 0.3) is 0 Å². The van der Waals surface area contributed by atoms with Gasteiger partial charge in [-0.1, -0.05) is 24.3 Å². The van der Waals surface area contributed by atoms with E-state index in [1.165, 1.54) is 32.1 Å². The lowest BCUT2D eigenvalue weighted by atomic mass is 9.53. The van der Waals surface area contributed by atoms with E-state index in [1.807, 2.05) is 18.2 Å². The highest BCUT2D eigenvalue weighted by atomic mass is 17.3. The molecule has 4 bridgehead atoms. The standard InChI is InChI=1S/C22H27NO5/c1-23-20(24)25-19-12-21(11-15-4-2-3-5-18(15)19)26-22(28-27-21)16-7-13-6-14(9-16)10-17(22)8-13/h2-5,13-14,16-17,19H,6-12H2,1H3,(H,23,24). The first-order valence-corrected chi connectivity index (χ1v) is 10.6. The quantitative estimate of drug-likeness (QED) is 0.744. The van der Waals surface area contributed by atoms with E-state index < -0.39 is 23.8 Å². The maximum atomic E-state index is 11.9. The lowest BCUT2D eigenvalue weighted by molar-refractivity contribution is -0.390. The summed E-state index contributed by atoms with van der Waals surface area (Å²) in [6.45, 7) is 0. The molecule has 2 atom stereocenters. The highest BCUT2D eigenvalue weighted by Crippen LogP contribution is 2.64. The van der Waals surface area contributed by atoms with Gasteiger partial charge in [-0.3, -0.25) is 0 Å². The van der Waals surface area contributed by atoms with Crippen LogP contribution >= 0.6 is 0 Å². The molecule has 5 fully saturated rings. The molecule has 1 heterocycles. The summed E-state index contributed by atoms with van der Waals surface area (Å²) in [6.07, 6.45) is 6.31. The number of carbonyl (C=O) groups excluding carboxylic acids is 1. The molecule has 4 saturated carbocycles. The fraction of sp³-hybridized carbons (Fsp3) is 0.682.